The summed E-state index contributed by atoms with van der Waals surface area (Å²) in [6.45, 7) is 6.31. The lowest BCUT2D eigenvalue weighted by molar-refractivity contribution is -0.226. The molecule has 0 saturated heterocycles. The van der Waals surface area contributed by atoms with Crippen LogP contribution in [0.2, 0.25) is 0 Å². The molecular weight excluding hydrogens is 219 g/mol. The van der Waals surface area contributed by atoms with Crippen LogP contribution in [0.25, 0.3) is 0 Å². The highest BCUT2D eigenvalue weighted by molar-refractivity contribution is 4.68. The third-order valence-electron chi connectivity index (χ3n) is 2.27. The molecule has 0 heterocycles. The molecule has 5 heteroatoms. The van der Waals surface area contributed by atoms with Crippen LogP contribution in [0.1, 0.15) is 40.0 Å². The van der Waals surface area contributed by atoms with Gasteiger partial charge in [-0.15, -0.1) is 0 Å². The Balaban J connectivity index is 4.01. The first-order valence-electron chi connectivity index (χ1n) is 5.84. The van der Waals surface area contributed by atoms with Crippen molar-refractivity contribution in [1.29, 1.82) is 0 Å². The summed E-state index contributed by atoms with van der Waals surface area (Å²) in [5.41, 5.74) is 0. The van der Waals surface area contributed by atoms with Crippen LogP contribution in [0.15, 0.2) is 0 Å². The summed E-state index contributed by atoms with van der Waals surface area (Å²) in [4.78, 5) is 0. The number of hydrogen-bond acceptors (Lipinski definition) is 2. The minimum absolute atomic E-state index is 0.354. The maximum atomic E-state index is 12.3. The molecule has 0 aliphatic heterocycles. The summed E-state index contributed by atoms with van der Waals surface area (Å²) in [6.07, 6.45) is -3.87. The number of ether oxygens (including phenoxy) is 1. The van der Waals surface area contributed by atoms with E-state index in [-0.39, 0.29) is 6.10 Å². The molecule has 98 valence electrons. The van der Waals surface area contributed by atoms with Gasteiger partial charge in [-0.1, -0.05) is 20.3 Å². The summed E-state index contributed by atoms with van der Waals surface area (Å²) in [6, 6.07) is 0. The van der Waals surface area contributed by atoms with Gasteiger partial charge in [-0.25, -0.2) is 0 Å². The molecule has 0 rings (SSSR count). The molecule has 0 aliphatic rings. The summed E-state index contributed by atoms with van der Waals surface area (Å²) < 4.78 is 41.9. The zero-order valence-corrected chi connectivity index (χ0v) is 10.2. The van der Waals surface area contributed by atoms with Crippen molar-refractivity contribution in [2.24, 2.45) is 0 Å². The van der Waals surface area contributed by atoms with Gasteiger partial charge in [0.1, 0.15) is 0 Å². The lowest BCUT2D eigenvalue weighted by atomic mass is 10.2. The first-order valence-corrected chi connectivity index (χ1v) is 5.84. The molecule has 0 aromatic rings. The van der Waals surface area contributed by atoms with E-state index in [1.54, 1.807) is 0 Å². The molecule has 0 aromatic heterocycles. The van der Waals surface area contributed by atoms with Crippen molar-refractivity contribution < 1.29 is 17.9 Å². The van der Waals surface area contributed by atoms with Gasteiger partial charge in [0, 0.05) is 6.54 Å². The fourth-order valence-electron chi connectivity index (χ4n) is 1.35. The normalized spacial score (nSPS) is 16.1. The van der Waals surface area contributed by atoms with E-state index in [9.17, 15) is 13.2 Å². The standard InChI is InChI=1S/C11H22F3NO/c1-4-6-10(8-15-7-5-2)16-9(3)11(12,13)14/h9-10,15H,4-8H2,1-3H3. The van der Waals surface area contributed by atoms with Gasteiger partial charge >= 0.3 is 6.18 Å². The van der Waals surface area contributed by atoms with Gasteiger partial charge in [-0.3, -0.25) is 0 Å². The number of alkyl halides is 3. The molecule has 2 atom stereocenters. The smallest absolute Gasteiger partial charge is 0.365 e. The first kappa shape index (κ1) is 15.7. The highest BCUT2D eigenvalue weighted by Gasteiger charge is 2.38. The quantitative estimate of drug-likeness (QED) is 0.659. The van der Waals surface area contributed by atoms with E-state index < -0.39 is 12.3 Å². The fraction of sp³-hybridized carbons (Fsp3) is 1.00. The fourth-order valence-corrected chi connectivity index (χ4v) is 1.35. The van der Waals surface area contributed by atoms with Crippen LogP contribution in [0, 0.1) is 0 Å². The highest BCUT2D eigenvalue weighted by atomic mass is 19.4. The average molecular weight is 241 g/mol. The zero-order chi connectivity index (χ0) is 12.6. The van der Waals surface area contributed by atoms with Crippen LogP contribution in [0.3, 0.4) is 0 Å². The van der Waals surface area contributed by atoms with Gasteiger partial charge in [-0.05, 0) is 26.3 Å². The highest BCUT2D eigenvalue weighted by Crippen LogP contribution is 2.24. The predicted molar refractivity (Wildman–Crippen MR) is 58.5 cm³/mol. The first-order chi connectivity index (χ1) is 7.41. The molecule has 0 spiro atoms. The maximum absolute atomic E-state index is 12.3. The van der Waals surface area contributed by atoms with Crippen LogP contribution in [0.4, 0.5) is 13.2 Å². The predicted octanol–water partition coefficient (Wildman–Crippen LogP) is 3.12. The van der Waals surface area contributed by atoms with Crippen molar-refractivity contribution in [1.82, 2.24) is 5.32 Å². The average Bonchev–Trinajstić information content (AvgIpc) is 2.16. The Bertz CT molecular complexity index is 173. The largest absolute Gasteiger partial charge is 0.414 e. The Morgan fingerprint density at radius 3 is 2.25 bits per heavy atom. The lowest BCUT2D eigenvalue weighted by Gasteiger charge is -2.24. The molecule has 0 radical (unpaired) electrons. The van der Waals surface area contributed by atoms with E-state index in [0.717, 1.165) is 26.3 Å². The van der Waals surface area contributed by atoms with Gasteiger partial charge < -0.3 is 10.1 Å². The summed E-state index contributed by atoms with van der Waals surface area (Å²) in [5, 5.41) is 3.08. The van der Waals surface area contributed by atoms with Crippen molar-refractivity contribution in [3.05, 3.63) is 0 Å². The van der Waals surface area contributed by atoms with Crippen molar-refractivity contribution >= 4 is 0 Å². The van der Waals surface area contributed by atoms with Gasteiger partial charge in [0.25, 0.3) is 0 Å². The SMILES string of the molecule is CCCNCC(CCC)OC(C)C(F)(F)F. The number of nitrogens with one attached hydrogen (secondary N) is 1. The van der Waals surface area contributed by atoms with Crippen LogP contribution in [-0.2, 0) is 4.74 Å². The molecule has 0 saturated carbocycles. The van der Waals surface area contributed by atoms with E-state index in [1.165, 1.54) is 0 Å². The third-order valence-corrected chi connectivity index (χ3v) is 2.27. The van der Waals surface area contributed by atoms with Gasteiger partial charge in [0.15, 0.2) is 6.10 Å². The van der Waals surface area contributed by atoms with Crippen LogP contribution in [0.5, 0.6) is 0 Å². The molecule has 0 aliphatic carbocycles. The lowest BCUT2D eigenvalue weighted by Crippen LogP contribution is -2.37. The van der Waals surface area contributed by atoms with E-state index in [1.807, 2.05) is 13.8 Å². The Morgan fingerprint density at radius 2 is 1.81 bits per heavy atom. The van der Waals surface area contributed by atoms with Crippen molar-refractivity contribution in [2.75, 3.05) is 13.1 Å². The molecule has 0 bridgehead atoms. The van der Waals surface area contributed by atoms with E-state index in [0.29, 0.717) is 13.0 Å². The molecule has 0 aromatic carbocycles. The van der Waals surface area contributed by atoms with Crippen molar-refractivity contribution in [2.45, 2.75) is 58.4 Å². The Morgan fingerprint density at radius 1 is 1.19 bits per heavy atom. The summed E-state index contributed by atoms with van der Waals surface area (Å²) >= 11 is 0. The number of rotatable bonds is 8. The van der Waals surface area contributed by atoms with Crippen molar-refractivity contribution in [3.8, 4) is 0 Å². The second kappa shape index (κ2) is 7.90. The van der Waals surface area contributed by atoms with Crippen molar-refractivity contribution in [3.63, 3.8) is 0 Å². The Kier molecular flexibility index (Phi) is 7.76. The van der Waals surface area contributed by atoms with Gasteiger partial charge in [-0.2, -0.15) is 13.2 Å². The van der Waals surface area contributed by atoms with E-state index in [2.05, 4.69) is 5.32 Å². The van der Waals surface area contributed by atoms with Crippen LogP contribution < -0.4 is 5.32 Å². The molecule has 2 nitrogen and oxygen atoms in total. The second-order valence-corrected chi connectivity index (χ2v) is 3.93. The molecule has 2 unspecified atom stereocenters. The summed E-state index contributed by atoms with van der Waals surface area (Å²) in [5.74, 6) is 0. The molecule has 16 heavy (non-hydrogen) atoms. The minimum Gasteiger partial charge on any atom is -0.365 e. The third kappa shape index (κ3) is 7.06. The molecule has 1 N–H and O–H groups in total. The topological polar surface area (TPSA) is 21.3 Å². The number of halogens is 3. The van der Waals surface area contributed by atoms with E-state index in [4.69, 9.17) is 4.74 Å². The Labute approximate surface area is 95.5 Å². The minimum atomic E-state index is -4.27. The molecule has 0 fully saturated rings. The van der Waals surface area contributed by atoms with Gasteiger partial charge in [0.05, 0.1) is 6.10 Å². The van der Waals surface area contributed by atoms with E-state index >= 15 is 0 Å². The summed E-state index contributed by atoms with van der Waals surface area (Å²) in [7, 11) is 0. The zero-order valence-electron chi connectivity index (χ0n) is 10.2. The maximum Gasteiger partial charge on any atom is 0.414 e. The van der Waals surface area contributed by atoms with Crippen LogP contribution in [-0.4, -0.2) is 31.5 Å². The van der Waals surface area contributed by atoms with Gasteiger partial charge in [0.2, 0.25) is 0 Å². The Hall–Kier alpha value is -0.290. The molecular formula is C11H22F3NO. The monoisotopic (exact) mass is 241 g/mol. The second-order valence-electron chi connectivity index (χ2n) is 3.93. The number of hydrogen-bond donors (Lipinski definition) is 1. The van der Waals surface area contributed by atoms with Crippen LogP contribution >= 0.6 is 0 Å². The molecule has 0 amide bonds.